The second-order valence-corrected chi connectivity index (χ2v) is 6.42. The minimum atomic E-state index is -0.0565. The number of hydrogen-bond donors (Lipinski definition) is 1. The minimum Gasteiger partial charge on any atom is -0.497 e. The van der Waals surface area contributed by atoms with Crippen LogP contribution in [0.1, 0.15) is 26.5 Å². The van der Waals surface area contributed by atoms with E-state index in [9.17, 15) is 0 Å². The third-order valence-electron chi connectivity index (χ3n) is 3.10. The summed E-state index contributed by atoms with van der Waals surface area (Å²) in [6, 6.07) is 5.79. The summed E-state index contributed by atoms with van der Waals surface area (Å²) in [6.07, 6.45) is 0. The van der Waals surface area contributed by atoms with E-state index >= 15 is 0 Å². The van der Waals surface area contributed by atoms with Crippen molar-refractivity contribution in [3.63, 3.8) is 0 Å². The zero-order valence-electron chi connectivity index (χ0n) is 11.9. The normalized spacial score (nSPS) is 12.0. The highest BCUT2D eigenvalue weighted by Crippen LogP contribution is 2.33. The maximum Gasteiger partial charge on any atom is 0.152 e. The average Bonchev–Trinajstić information content (AvgIpc) is 3.03. The van der Waals surface area contributed by atoms with E-state index in [4.69, 9.17) is 4.74 Å². The quantitative estimate of drug-likeness (QED) is 0.785. The van der Waals surface area contributed by atoms with E-state index < -0.39 is 0 Å². The number of ether oxygens (including phenoxy) is 1. The number of rotatable bonds is 2. The minimum absolute atomic E-state index is 0.0565. The van der Waals surface area contributed by atoms with Gasteiger partial charge >= 0.3 is 0 Å². The van der Waals surface area contributed by atoms with Gasteiger partial charge in [0.05, 0.1) is 23.8 Å². The van der Waals surface area contributed by atoms with E-state index in [1.165, 1.54) is 11.5 Å². The van der Waals surface area contributed by atoms with Gasteiger partial charge in [-0.25, -0.2) is 4.98 Å². The molecule has 6 heteroatoms. The van der Waals surface area contributed by atoms with Gasteiger partial charge in [-0.05, 0) is 23.7 Å². The molecule has 0 amide bonds. The largest absolute Gasteiger partial charge is 0.497 e. The molecule has 0 bridgehead atoms. The van der Waals surface area contributed by atoms with Crippen LogP contribution in [-0.4, -0.2) is 26.7 Å². The number of aromatic amines is 1. The summed E-state index contributed by atoms with van der Waals surface area (Å²) in [4.78, 5) is 8.94. The van der Waals surface area contributed by atoms with Gasteiger partial charge in [-0.3, -0.25) is 0 Å². The average molecular weight is 288 g/mol. The highest BCUT2D eigenvalue weighted by atomic mass is 32.1. The number of methoxy groups -OCH3 is 1. The highest BCUT2D eigenvalue weighted by molar-refractivity contribution is 7.09. The first-order valence-corrected chi connectivity index (χ1v) is 7.13. The second-order valence-electron chi connectivity index (χ2n) is 5.67. The molecule has 0 spiro atoms. The van der Waals surface area contributed by atoms with Crippen LogP contribution in [0.5, 0.6) is 5.75 Å². The molecule has 0 saturated heterocycles. The lowest BCUT2D eigenvalue weighted by molar-refractivity contribution is 0.415. The molecule has 104 valence electrons. The van der Waals surface area contributed by atoms with Crippen molar-refractivity contribution in [3.05, 3.63) is 23.9 Å². The van der Waals surface area contributed by atoms with Crippen LogP contribution in [0.2, 0.25) is 0 Å². The Morgan fingerprint density at radius 2 is 2.05 bits per heavy atom. The number of imidazole rings is 1. The van der Waals surface area contributed by atoms with Gasteiger partial charge in [0.15, 0.2) is 5.82 Å². The third kappa shape index (κ3) is 2.16. The van der Waals surface area contributed by atoms with Crippen molar-refractivity contribution in [1.29, 1.82) is 0 Å². The molecule has 3 rings (SSSR count). The standard InChI is InChI=1S/C14H16N4OS/c1-14(2,3)12-11(20-18-17-12)13-15-9-6-5-8(19-4)7-10(9)16-13/h5-7H,1-4H3,(H,15,16). The lowest BCUT2D eigenvalue weighted by Gasteiger charge is -2.15. The van der Waals surface area contributed by atoms with Crippen molar-refractivity contribution in [3.8, 4) is 16.5 Å². The van der Waals surface area contributed by atoms with Crippen LogP contribution in [0.15, 0.2) is 18.2 Å². The molecule has 0 atom stereocenters. The second kappa shape index (κ2) is 4.56. The van der Waals surface area contributed by atoms with Gasteiger partial charge < -0.3 is 9.72 Å². The lowest BCUT2D eigenvalue weighted by Crippen LogP contribution is -2.13. The number of benzene rings is 1. The third-order valence-corrected chi connectivity index (χ3v) is 3.84. The van der Waals surface area contributed by atoms with Crippen LogP contribution in [0.25, 0.3) is 21.7 Å². The van der Waals surface area contributed by atoms with Crippen molar-refractivity contribution < 1.29 is 4.74 Å². The number of fused-ring (bicyclic) bond motifs is 1. The molecular weight excluding hydrogens is 272 g/mol. The molecule has 0 aliphatic rings. The summed E-state index contributed by atoms with van der Waals surface area (Å²) in [5.41, 5.74) is 2.77. The van der Waals surface area contributed by atoms with Gasteiger partial charge in [-0.2, -0.15) is 0 Å². The first-order valence-electron chi connectivity index (χ1n) is 6.36. The zero-order valence-corrected chi connectivity index (χ0v) is 12.7. The Hall–Kier alpha value is -1.95. The first-order chi connectivity index (χ1) is 9.49. The SMILES string of the molecule is COc1ccc2nc(-c3snnc3C(C)(C)C)[nH]c2c1. The van der Waals surface area contributed by atoms with E-state index in [0.29, 0.717) is 0 Å². The molecule has 0 unspecified atom stereocenters. The van der Waals surface area contributed by atoms with Crippen LogP contribution >= 0.6 is 11.5 Å². The van der Waals surface area contributed by atoms with E-state index in [1.54, 1.807) is 7.11 Å². The van der Waals surface area contributed by atoms with Crippen LogP contribution in [0, 0.1) is 0 Å². The molecule has 20 heavy (non-hydrogen) atoms. The molecule has 0 aliphatic carbocycles. The molecule has 0 fully saturated rings. The van der Waals surface area contributed by atoms with Crippen LogP contribution in [-0.2, 0) is 5.41 Å². The lowest BCUT2D eigenvalue weighted by atomic mass is 9.91. The van der Waals surface area contributed by atoms with Gasteiger partial charge in [0.25, 0.3) is 0 Å². The molecule has 1 aromatic carbocycles. The van der Waals surface area contributed by atoms with Gasteiger partial charge in [0, 0.05) is 11.5 Å². The van der Waals surface area contributed by atoms with E-state index in [0.717, 1.165) is 33.2 Å². The van der Waals surface area contributed by atoms with Gasteiger partial charge in [0.1, 0.15) is 10.6 Å². The Morgan fingerprint density at radius 1 is 1.25 bits per heavy atom. The molecule has 1 N–H and O–H groups in total. The fourth-order valence-electron chi connectivity index (χ4n) is 2.06. The monoisotopic (exact) mass is 288 g/mol. The number of nitrogens with zero attached hydrogens (tertiary/aromatic N) is 3. The Kier molecular flexibility index (Phi) is 2.97. The topological polar surface area (TPSA) is 63.7 Å². The Morgan fingerprint density at radius 3 is 2.75 bits per heavy atom. The smallest absolute Gasteiger partial charge is 0.152 e. The molecule has 3 aromatic rings. The fourth-order valence-corrected chi connectivity index (χ4v) is 2.88. The molecule has 2 aromatic heterocycles. The Labute approximate surface area is 121 Å². The molecule has 0 radical (unpaired) electrons. The van der Waals surface area contributed by atoms with E-state index in [2.05, 4.69) is 40.3 Å². The summed E-state index contributed by atoms with van der Waals surface area (Å²) in [7, 11) is 1.66. The molecule has 2 heterocycles. The molecule has 0 saturated carbocycles. The van der Waals surface area contributed by atoms with Crippen molar-refractivity contribution in [2.24, 2.45) is 0 Å². The summed E-state index contributed by atoms with van der Waals surface area (Å²) >= 11 is 1.37. The fraction of sp³-hybridized carbons (Fsp3) is 0.357. The summed E-state index contributed by atoms with van der Waals surface area (Å²) in [5.74, 6) is 1.62. The molecule has 5 nitrogen and oxygen atoms in total. The van der Waals surface area contributed by atoms with Crippen molar-refractivity contribution >= 4 is 22.6 Å². The van der Waals surface area contributed by atoms with Crippen molar-refractivity contribution in [2.45, 2.75) is 26.2 Å². The maximum atomic E-state index is 5.23. The van der Waals surface area contributed by atoms with Crippen LogP contribution in [0.3, 0.4) is 0 Å². The summed E-state index contributed by atoms with van der Waals surface area (Å²) < 4.78 is 9.31. The van der Waals surface area contributed by atoms with Crippen LogP contribution < -0.4 is 4.74 Å². The maximum absolute atomic E-state index is 5.23. The molecular formula is C14H16N4OS. The molecule has 0 aliphatic heterocycles. The van der Waals surface area contributed by atoms with Crippen molar-refractivity contribution in [2.75, 3.05) is 7.11 Å². The number of hydrogen-bond acceptors (Lipinski definition) is 5. The highest BCUT2D eigenvalue weighted by Gasteiger charge is 2.24. The van der Waals surface area contributed by atoms with Crippen molar-refractivity contribution in [1.82, 2.24) is 19.6 Å². The Bertz CT molecular complexity index is 754. The van der Waals surface area contributed by atoms with E-state index in [-0.39, 0.29) is 5.41 Å². The first kappa shape index (κ1) is 13.1. The predicted octanol–water partition coefficient (Wildman–Crippen LogP) is 3.39. The number of aromatic nitrogens is 4. The van der Waals surface area contributed by atoms with Crippen LogP contribution in [0.4, 0.5) is 0 Å². The predicted molar refractivity (Wildman–Crippen MR) is 80.2 cm³/mol. The summed E-state index contributed by atoms with van der Waals surface area (Å²) in [5, 5.41) is 4.25. The zero-order chi connectivity index (χ0) is 14.3. The number of H-pyrrole nitrogens is 1. The summed E-state index contributed by atoms with van der Waals surface area (Å²) in [6.45, 7) is 6.37. The Balaban J connectivity index is 2.13. The van der Waals surface area contributed by atoms with Gasteiger partial charge in [-0.15, -0.1) is 5.10 Å². The van der Waals surface area contributed by atoms with E-state index in [1.807, 2.05) is 18.2 Å². The number of nitrogens with one attached hydrogen (secondary N) is 1. The van der Waals surface area contributed by atoms with Gasteiger partial charge in [-0.1, -0.05) is 25.3 Å². The van der Waals surface area contributed by atoms with Gasteiger partial charge in [0.2, 0.25) is 0 Å².